The Hall–Kier alpha value is -3.09. The molecule has 0 heterocycles. The van der Waals surface area contributed by atoms with Gasteiger partial charge in [-0.1, -0.05) is 24.3 Å². The predicted molar refractivity (Wildman–Crippen MR) is 91.7 cm³/mol. The fourth-order valence-electron chi connectivity index (χ4n) is 2.26. The zero-order valence-corrected chi connectivity index (χ0v) is 14.0. The number of hydrogen-bond donors (Lipinski definition) is 0. The van der Waals surface area contributed by atoms with Crippen LogP contribution in [-0.4, -0.2) is 24.8 Å². The molecule has 0 spiro atoms. The fraction of sp³-hybridized carbons (Fsp3) is 0.278. The second kappa shape index (κ2) is 8.68. The van der Waals surface area contributed by atoms with Crippen molar-refractivity contribution in [1.29, 1.82) is 0 Å². The Morgan fingerprint density at radius 3 is 2.68 bits per heavy atom. The Morgan fingerprint density at radius 1 is 1.24 bits per heavy atom. The molecule has 0 N–H and O–H groups in total. The van der Waals surface area contributed by atoms with E-state index in [0.29, 0.717) is 0 Å². The second-order valence-corrected chi connectivity index (χ2v) is 5.35. The average Bonchev–Trinajstić information content (AvgIpc) is 2.62. The number of methoxy groups -OCH3 is 1. The smallest absolute Gasteiger partial charge is 0.317 e. The molecule has 2 rings (SSSR count). The summed E-state index contributed by atoms with van der Waals surface area (Å²) >= 11 is 0. The molecule has 1 atom stereocenters. The lowest BCUT2D eigenvalue weighted by Crippen LogP contribution is -2.10. The molecule has 0 aromatic heterocycles. The fourth-order valence-corrected chi connectivity index (χ4v) is 2.26. The Labute approximate surface area is 144 Å². The van der Waals surface area contributed by atoms with Crippen LogP contribution in [0.3, 0.4) is 0 Å². The standard InChI is InChI=1S/C18H19NO6/c1-13(18(20)24-9-3-4-10-25-19(21)22)14-5-6-16-12-17(23-2)8-7-15(16)11-14/h3,5-9,11-13H,4,10H2,1-2H3/t13-/m0/s1. The van der Waals surface area contributed by atoms with Crippen molar-refractivity contribution in [2.45, 2.75) is 19.3 Å². The van der Waals surface area contributed by atoms with Crippen LogP contribution in [0.2, 0.25) is 0 Å². The van der Waals surface area contributed by atoms with Gasteiger partial charge in [0.1, 0.15) is 12.4 Å². The monoisotopic (exact) mass is 345 g/mol. The minimum atomic E-state index is -0.864. The van der Waals surface area contributed by atoms with E-state index in [4.69, 9.17) is 9.47 Å². The summed E-state index contributed by atoms with van der Waals surface area (Å²) in [4.78, 5) is 26.2. The van der Waals surface area contributed by atoms with Crippen LogP contribution in [0.15, 0.2) is 48.7 Å². The molecule has 0 bridgehead atoms. The van der Waals surface area contributed by atoms with Gasteiger partial charge in [-0.3, -0.25) is 4.79 Å². The number of carbonyl (C=O) groups is 1. The molecule has 2 aromatic rings. The minimum Gasteiger partial charge on any atom is -0.497 e. The van der Waals surface area contributed by atoms with Gasteiger partial charge >= 0.3 is 5.97 Å². The lowest BCUT2D eigenvalue weighted by atomic mass is 9.98. The number of hydrogen-bond acceptors (Lipinski definition) is 6. The van der Waals surface area contributed by atoms with E-state index in [9.17, 15) is 14.9 Å². The summed E-state index contributed by atoms with van der Waals surface area (Å²) in [6.07, 6.45) is 3.01. The third-order valence-electron chi connectivity index (χ3n) is 3.69. The van der Waals surface area contributed by atoms with E-state index in [1.54, 1.807) is 14.0 Å². The van der Waals surface area contributed by atoms with Gasteiger partial charge in [0.2, 0.25) is 0 Å². The number of benzene rings is 2. The summed E-state index contributed by atoms with van der Waals surface area (Å²) in [5.74, 6) is -0.0654. The van der Waals surface area contributed by atoms with Crippen LogP contribution in [0.25, 0.3) is 10.8 Å². The lowest BCUT2D eigenvalue weighted by Gasteiger charge is -2.11. The van der Waals surface area contributed by atoms with E-state index in [-0.39, 0.29) is 13.0 Å². The van der Waals surface area contributed by atoms with Crippen molar-refractivity contribution in [3.05, 3.63) is 64.4 Å². The van der Waals surface area contributed by atoms with Gasteiger partial charge in [-0.25, -0.2) is 0 Å². The Kier molecular flexibility index (Phi) is 6.33. The Bertz CT molecular complexity index is 786. The molecule has 0 aliphatic rings. The van der Waals surface area contributed by atoms with Crippen molar-refractivity contribution in [2.75, 3.05) is 13.7 Å². The lowest BCUT2D eigenvalue weighted by molar-refractivity contribution is -0.757. The van der Waals surface area contributed by atoms with Gasteiger partial charge in [0.25, 0.3) is 5.09 Å². The molecule has 132 valence electrons. The van der Waals surface area contributed by atoms with E-state index in [2.05, 4.69) is 4.84 Å². The van der Waals surface area contributed by atoms with Crippen molar-refractivity contribution in [1.82, 2.24) is 0 Å². The summed E-state index contributed by atoms with van der Waals surface area (Å²) < 4.78 is 10.2. The number of carbonyl (C=O) groups excluding carboxylic acids is 1. The molecule has 0 amide bonds. The number of ether oxygens (including phenoxy) is 2. The van der Waals surface area contributed by atoms with E-state index >= 15 is 0 Å². The van der Waals surface area contributed by atoms with Gasteiger partial charge < -0.3 is 14.3 Å². The molecule has 0 saturated heterocycles. The van der Waals surface area contributed by atoms with Crippen LogP contribution in [-0.2, 0) is 14.4 Å². The normalized spacial score (nSPS) is 12.1. The van der Waals surface area contributed by atoms with Crippen molar-refractivity contribution in [3.63, 3.8) is 0 Å². The number of rotatable bonds is 8. The molecular formula is C18H19NO6. The molecule has 25 heavy (non-hydrogen) atoms. The van der Waals surface area contributed by atoms with Gasteiger partial charge in [-0.15, -0.1) is 10.1 Å². The second-order valence-electron chi connectivity index (χ2n) is 5.35. The molecule has 7 nitrogen and oxygen atoms in total. The Balaban J connectivity index is 1.95. The highest BCUT2D eigenvalue weighted by Crippen LogP contribution is 2.25. The first-order valence-corrected chi connectivity index (χ1v) is 7.72. The van der Waals surface area contributed by atoms with Crippen molar-refractivity contribution < 1.29 is 24.2 Å². The van der Waals surface area contributed by atoms with Crippen LogP contribution in [0, 0.1) is 10.1 Å². The summed E-state index contributed by atoms with van der Waals surface area (Å²) in [5.41, 5.74) is 0.841. The van der Waals surface area contributed by atoms with Crippen molar-refractivity contribution in [2.24, 2.45) is 0 Å². The maximum Gasteiger partial charge on any atom is 0.317 e. The van der Waals surface area contributed by atoms with Gasteiger partial charge in [0.15, 0.2) is 0 Å². The molecule has 0 radical (unpaired) electrons. The molecule has 2 aromatic carbocycles. The summed E-state index contributed by atoms with van der Waals surface area (Å²) in [5, 5.41) is 11.1. The number of fused-ring (bicyclic) bond motifs is 1. The topological polar surface area (TPSA) is 87.9 Å². The van der Waals surface area contributed by atoms with Gasteiger partial charge in [-0.05, 0) is 47.9 Å². The zero-order valence-electron chi connectivity index (χ0n) is 14.0. The number of nitrogens with zero attached hydrogens (tertiary/aromatic N) is 1. The van der Waals surface area contributed by atoms with E-state index in [1.807, 2.05) is 36.4 Å². The average molecular weight is 345 g/mol. The molecule has 0 saturated carbocycles. The van der Waals surface area contributed by atoms with Crippen molar-refractivity contribution >= 4 is 16.7 Å². The third kappa shape index (κ3) is 5.20. The first-order chi connectivity index (χ1) is 12.0. The third-order valence-corrected chi connectivity index (χ3v) is 3.69. The maximum absolute atomic E-state index is 12.1. The predicted octanol–water partition coefficient (Wildman–Crippen LogP) is 3.61. The summed E-state index contributed by atoms with van der Waals surface area (Å²) in [6.45, 7) is 1.68. The SMILES string of the molecule is COc1ccc2cc([C@H](C)C(=O)OC=CCCO[N+](=O)[O-])ccc2c1. The van der Waals surface area contributed by atoms with Crippen LogP contribution in [0.1, 0.15) is 24.8 Å². The zero-order chi connectivity index (χ0) is 18.2. The molecule has 0 unspecified atom stereocenters. The van der Waals surface area contributed by atoms with E-state index < -0.39 is 17.0 Å². The maximum atomic E-state index is 12.1. The van der Waals surface area contributed by atoms with E-state index in [1.165, 1.54) is 12.3 Å². The highest BCUT2D eigenvalue weighted by Gasteiger charge is 2.16. The van der Waals surface area contributed by atoms with Crippen LogP contribution in [0.4, 0.5) is 0 Å². The Morgan fingerprint density at radius 2 is 1.96 bits per heavy atom. The van der Waals surface area contributed by atoms with Gasteiger partial charge in [-0.2, -0.15) is 0 Å². The van der Waals surface area contributed by atoms with Gasteiger partial charge in [0, 0.05) is 0 Å². The molecule has 0 fully saturated rings. The van der Waals surface area contributed by atoms with Gasteiger partial charge in [0.05, 0.1) is 19.3 Å². The largest absolute Gasteiger partial charge is 0.497 e. The molecule has 0 aliphatic carbocycles. The van der Waals surface area contributed by atoms with E-state index in [0.717, 1.165) is 22.1 Å². The summed E-state index contributed by atoms with van der Waals surface area (Å²) in [6, 6.07) is 11.5. The van der Waals surface area contributed by atoms with Crippen LogP contribution < -0.4 is 4.74 Å². The first kappa shape index (κ1) is 18.3. The molecular weight excluding hydrogens is 326 g/mol. The highest BCUT2D eigenvalue weighted by atomic mass is 16.9. The molecule has 7 heteroatoms. The quantitative estimate of drug-likeness (QED) is 0.239. The molecule has 0 aliphatic heterocycles. The minimum absolute atomic E-state index is 0.0786. The highest BCUT2D eigenvalue weighted by molar-refractivity contribution is 5.86. The first-order valence-electron chi connectivity index (χ1n) is 7.72. The van der Waals surface area contributed by atoms with Crippen molar-refractivity contribution in [3.8, 4) is 5.75 Å². The van der Waals surface area contributed by atoms with Crippen LogP contribution in [0.5, 0.6) is 5.75 Å². The van der Waals surface area contributed by atoms with Crippen LogP contribution >= 0.6 is 0 Å². The number of esters is 1. The summed E-state index contributed by atoms with van der Waals surface area (Å²) in [7, 11) is 1.62.